The zero-order valence-corrected chi connectivity index (χ0v) is 13.2. The van der Waals surface area contributed by atoms with Gasteiger partial charge in [0, 0.05) is 16.5 Å². The normalized spacial score (nSPS) is 10.2. The maximum atomic E-state index is 11.8. The number of nitrogens with one attached hydrogen (secondary N) is 1. The smallest absolute Gasteiger partial charge is 0.335 e. The quantitative estimate of drug-likeness (QED) is 0.840. The molecule has 6 heteroatoms. The van der Waals surface area contributed by atoms with Crippen LogP contribution in [-0.2, 0) is 10.5 Å². The Morgan fingerprint density at radius 2 is 1.86 bits per heavy atom. The second-order valence-electron chi connectivity index (χ2n) is 4.55. The van der Waals surface area contributed by atoms with E-state index in [2.05, 4.69) is 5.32 Å². The lowest BCUT2D eigenvalue weighted by atomic mass is 10.2. The van der Waals surface area contributed by atoms with E-state index in [0.29, 0.717) is 22.2 Å². The van der Waals surface area contributed by atoms with E-state index in [1.807, 2.05) is 24.3 Å². The molecule has 0 heterocycles. The second kappa shape index (κ2) is 7.87. The highest BCUT2D eigenvalue weighted by Gasteiger charge is 2.05. The lowest BCUT2D eigenvalue weighted by Gasteiger charge is -2.06. The fourth-order valence-corrected chi connectivity index (χ4v) is 2.77. The number of carbonyl (C=O) groups excluding carboxylic acids is 1. The van der Waals surface area contributed by atoms with Crippen LogP contribution in [-0.4, -0.2) is 22.7 Å². The Balaban J connectivity index is 1.79. The Morgan fingerprint density at radius 1 is 1.14 bits per heavy atom. The summed E-state index contributed by atoms with van der Waals surface area (Å²) in [6.07, 6.45) is 0. The van der Waals surface area contributed by atoms with Crippen LogP contribution in [0.5, 0.6) is 0 Å². The molecule has 0 saturated heterocycles. The molecule has 0 aliphatic heterocycles. The van der Waals surface area contributed by atoms with Gasteiger partial charge in [-0.25, -0.2) is 4.79 Å². The van der Waals surface area contributed by atoms with E-state index >= 15 is 0 Å². The number of aromatic carboxylic acids is 1. The molecular weight excluding hydrogens is 322 g/mol. The SMILES string of the molecule is O=C(CSCc1cccc(Cl)c1)Nc1ccc(C(=O)O)cc1. The lowest BCUT2D eigenvalue weighted by molar-refractivity contribution is -0.113. The van der Waals surface area contributed by atoms with Crippen LogP contribution in [0.4, 0.5) is 5.69 Å². The number of hydrogen-bond donors (Lipinski definition) is 2. The molecule has 0 saturated carbocycles. The van der Waals surface area contributed by atoms with E-state index in [4.69, 9.17) is 16.7 Å². The van der Waals surface area contributed by atoms with Crippen molar-refractivity contribution in [1.29, 1.82) is 0 Å². The second-order valence-corrected chi connectivity index (χ2v) is 5.98. The van der Waals surface area contributed by atoms with E-state index in [1.54, 1.807) is 12.1 Å². The van der Waals surface area contributed by atoms with Gasteiger partial charge in [-0.05, 0) is 42.0 Å². The van der Waals surface area contributed by atoms with Crippen LogP contribution in [0.1, 0.15) is 15.9 Å². The number of amides is 1. The molecule has 0 spiro atoms. The third-order valence-electron chi connectivity index (χ3n) is 2.81. The average Bonchev–Trinajstić information content (AvgIpc) is 2.48. The van der Waals surface area contributed by atoms with Crippen LogP contribution >= 0.6 is 23.4 Å². The summed E-state index contributed by atoms with van der Waals surface area (Å²) in [5.74, 6) is -0.107. The zero-order chi connectivity index (χ0) is 15.9. The van der Waals surface area contributed by atoms with Crippen molar-refractivity contribution in [2.24, 2.45) is 0 Å². The maximum Gasteiger partial charge on any atom is 0.335 e. The summed E-state index contributed by atoms with van der Waals surface area (Å²) < 4.78 is 0. The number of carboxylic acids is 1. The maximum absolute atomic E-state index is 11.8. The highest BCUT2D eigenvalue weighted by atomic mass is 35.5. The van der Waals surface area contributed by atoms with E-state index < -0.39 is 5.97 Å². The van der Waals surface area contributed by atoms with Crippen molar-refractivity contribution in [3.63, 3.8) is 0 Å². The number of carboxylic acid groups (broad SMARTS) is 1. The summed E-state index contributed by atoms with van der Waals surface area (Å²) >= 11 is 7.38. The number of anilines is 1. The molecule has 0 atom stereocenters. The van der Waals surface area contributed by atoms with Crippen molar-refractivity contribution in [2.75, 3.05) is 11.1 Å². The minimum Gasteiger partial charge on any atom is -0.478 e. The monoisotopic (exact) mass is 335 g/mol. The van der Waals surface area contributed by atoms with Gasteiger partial charge in [0.2, 0.25) is 5.91 Å². The molecule has 4 nitrogen and oxygen atoms in total. The Bertz CT molecular complexity index is 673. The number of thioether (sulfide) groups is 1. The molecule has 114 valence electrons. The van der Waals surface area contributed by atoms with Crippen LogP contribution in [0, 0.1) is 0 Å². The van der Waals surface area contributed by atoms with Gasteiger partial charge < -0.3 is 10.4 Å². The number of hydrogen-bond acceptors (Lipinski definition) is 3. The molecule has 2 aromatic carbocycles. The van der Waals surface area contributed by atoms with Crippen molar-refractivity contribution in [3.05, 3.63) is 64.7 Å². The molecule has 22 heavy (non-hydrogen) atoms. The van der Waals surface area contributed by atoms with Gasteiger partial charge in [0.25, 0.3) is 0 Å². The van der Waals surface area contributed by atoms with Gasteiger partial charge in [0.05, 0.1) is 11.3 Å². The first-order chi connectivity index (χ1) is 10.5. The Hall–Kier alpha value is -1.98. The van der Waals surface area contributed by atoms with Gasteiger partial charge in [0.1, 0.15) is 0 Å². The molecule has 0 aliphatic rings. The summed E-state index contributed by atoms with van der Waals surface area (Å²) in [6, 6.07) is 13.6. The number of halogens is 1. The van der Waals surface area contributed by atoms with E-state index in [-0.39, 0.29) is 11.5 Å². The average molecular weight is 336 g/mol. The van der Waals surface area contributed by atoms with Crippen LogP contribution < -0.4 is 5.32 Å². The fraction of sp³-hybridized carbons (Fsp3) is 0.125. The molecule has 0 unspecified atom stereocenters. The molecular formula is C16H14ClNO3S. The molecule has 0 aliphatic carbocycles. The van der Waals surface area contributed by atoms with Crippen molar-refractivity contribution >= 4 is 40.9 Å². The molecule has 2 aromatic rings. The summed E-state index contributed by atoms with van der Waals surface area (Å²) in [5.41, 5.74) is 1.84. The van der Waals surface area contributed by atoms with Gasteiger partial charge in [-0.3, -0.25) is 4.79 Å². The largest absolute Gasteiger partial charge is 0.478 e. The molecule has 2 rings (SSSR count). The predicted molar refractivity (Wildman–Crippen MR) is 89.6 cm³/mol. The molecule has 2 N–H and O–H groups in total. The number of rotatable bonds is 6. The number of benzene rings is 2. The van der Waals surface area contributed by atoms with Crippen molar-refractivity contribution in [2.45, 2.75) is 5.75 Å². The van der Waals surface area contributed by atoms with Crippen LogP contribution in [0.3, 0.4) is 0 Å². The molecule has 0 aromatic heterocycles. The third kappa shape index (κ3) is 5.09. The molecule has 1 amide bonds. The van der Waals surface area contributed by atoms with Crippen molar-refractivity contribution < 1.29 is 14.7 Å². The highest BCUT2D eigenvalue weighted by Crippen LogP contribution is 2.17. The van der Waals surface area contributed by atoms with Crippen molar-refractivity contribution in [3.8, 4) is 0 Å². The summed E-state index contributed by atoms with van der Waals surface area (Å²) in [7, 11) is 0. The van der Waals surface area contributed by atoms with Gasteiger partial charge in [-0.15, -0.1) is 11.8 Å². The van der Waals surface area contributed by atoms with Gasteiger partial charge in [-0.2, -0.15) is 0 Å². The molecule has 0 radical (unpaired) electrons. The summed E-state index contributed by atoms with van der Waals surface area (Å²) in [5, 5.41) is 12.2. The highest BCUT2D eigenvalue weighted by molar-refractivity contribution is 7.99. The predicted octanol–water partition coefficient (Wildman–Crippen LogP) is 3.91. The first kappa shape index (κ1) is 16.4. The summed E-state index contributed by atoms with van der Waals surface area (Å²) in [6.45, 7) is 0. The minimum absolute atomic E-state index is 0.130. The van der Waals surface area contributed by atoms with Crippen LogP contribution in [0.25, 0.3) is 0 Å². The topological polar surface area (TPSA) is 66.4 Å². The zero-order valence-electron chi connectivity index (χ0n) is 11.6. The van der Waals surface area contributed by atoms with E-state index in [0.717, 1.165) is 5.56 Å². The Labute approximate surface area is 137 Å². The van der Waals surface area contributed by atoms with Gasteiger partial charge in [-0.1, -0.05) is 23.7 Å². The van der Waals surface area contributed by atoms with E-state index in [9.17, 15) is 9.59 Å². The Kier molecular flexibility index (Phi) is 5.86. The minimum atomic E-state index is -0.991. The number of carbonyl (C=O) groups is 2. The standard InChI is InChI=1S/C16H14ClNO3S/c17-13-3-1-2-11(8-13)9-22-10-15(19)18-14-6-4-12(5-7-14)16(20)21/h1-8H,9-10H2,(H,18,19)(H,20,21). The summed E-state index contributed by atoms with van der Waals surface area (Å²) in [4.78, 5) is 22.5. The van der Waals surface area contributed by atoms with Gasteiger partial charge >= 0.3 is 5.97 Å². The fourth-order valence-electron chi connectivity index (χ4n) is 1.78. The lowest BCUT2D eigenvalue weighted by Crippen LogP contribution is -2.14. The van der Waals surface area contributed by atoms with Gasteiger partial charge in [0.15, 0.2) is 0 Å². The first-order valence-corrected chi connectivity index (χ1v) is 8.03. The van der Waals surface area contributed by atoms with Crippen molar-refractivity contribution in [1.82, 2.24) is 0 Å². The van der Waals surface area contributed by atoms with Crippen LogP contribution in [0.15, 0.2) is 48.5 Å². The van der Waals surface area contributed by atoms with Crippen LogP contribution in [0.2, 0.25) is 5.02 Å². The Morgan fingerprint density at radius 3 is 2.50 bits per heavy atom. The van der Waals surface area contributed by atoms with E-state index in [1.165, 1.54) is 23.9 Å². The molecule has 0 bridgehead atoms. The third-order valence-corrected chi connectivity index (χ3v) is 4.05. The molecule has 0 fully saturated rings. The first-order valence-electron chi connectivity index (χ1n) is 6.50.